The first-order valence-electron chi connectivity index (χ1n) is 9.54. The van der Waals surface area contributed by atoms with Crippen molar-refractivity contribution in [2.75, 3.05) is 5.32 Å². The highest BCUT2D eigenvalue weighted by Crippen LogP contribution is 2.25. The average Bonchev–Trinajstić information content (AvgIpc) is 2.73. The molecule has 0 saturated heterocycles. The smallest absolute Gasteiger partial charge is 0.271 e. The van der Waals surface area contributed by atoms with E-state index in [4.69, 9.17) is 0 Å². The lowest BCUT2D eigenvalue weighted by atomic mass is 9.88. The van der Waals surface area contributed by atoms with E-state index in [2.05, 4.69) is 31.8 Å². The minimum Gasteiger partial charge on any atom is -0.326 e. The van der Waals surface area contributed by atoms with E-state index in [1.54, 1.807) is 18.2 Å². The van der Waals surface area contributed by atoms with E-state index in [1.807, 2.05) is 37.3 Å². The van der Waals surface area contributed by atoms with Gasteiger partial charge in [-0.1, -0.05) is 53.4 Å². The topological polar surface area (TPSA) is 70.6 Å². The van der Waals surface area contributed by atoms with E-state index in [0.717, 1.165) is 41.4 Å². The fourth-order valence-electron chi connectivity index (χ4n) is 3.30. The van der Waals surface area contributed by atoms with Crippen molar-refractivity contribution in [2.24, 2.45) is 11.0 Å². The van der Waals surface area contributed by atoms with E-state index < -0.39 is 0 Å². The highest BCUT2D eigenvalue weighted by Gasteiger charge is 2.20. The van der Waals surface area contributed by atoms with Gasteiger partial charge in [-0.2, -0.15) is 5.10 Å². The molecule has 3 rings (SSSR count). The summed E-state index contributed by atoms with van der Waals surface area (Å²) < 4.78 is 0.840. The van der Waals surface area contributed by atoms with Crippen LogP contribution in [0.4, 0.5) is 5.69 Å². The summed E-state index contributed by atoms with van der Waals surface area (Å²) in [7, 11) is 0. The fraction of sp³-hybridized carbons (Fsp3) is 0.318. The highest BCUT2D eigenvalue weighted by molar-refractivity contribution is 9.10. The maximum atomic E-state index is 12.3. The quantitative estimate of drug-likeness (QED) is 0.498. The van der Waals surface area contributed by atoms with Gasteiger partial charge in [-0.15, -0.1) is 0 Å². The molecule has 0 atom stereocenters. The largest absolute Gasteiger partial charge is 0.326 e. The summed E-state index contributed by atoms with van der Waals surface area (Å²) in [5.41, 5.74) is 5.46. The zero-order valence-corrected chi connectivity index (χ0v) is 17.5. The van der Waals surface area contributed by atoms with Gasteiger partial charge in [0.15, 0.2) is 0 Å². The van der Waals surface area contributed by atoms with E-state index in [1.165, 1.54) is 6.42 Å². The summed E-state index contributed by atoms with van der Waals surface area (Å²) in [5, 5.41) is 7.18. The Balaban J connectivity index is 1.58. The molecule has 1 fully saturated rings. The summed E-state index contributed by atoms with van der Waals surface area (Å²) in [6.45, 7) is 1.83. The molecule has 0 radical (unpaired) electrons. The van der Waals surface area contributed by atoms with Crippen molar-refractivity contribution >= 4 is 39.1 Å². The van der Waals surface area contributed by atoms with Crippen molar-refractivity contribution in [3.8, 4) is 0 Å². The monoisotopic (exact) mass is 441 g/mol. The molecule has 1 saturated carbocycles. The lowest BCUT2D eigenvalue weighted by Gasteiger charge is -2.20. The molecule has 6 heteroatoms. The third-order valence-corrected chi connectivity index (χ3v) is 5.45. The Kier molecular flexibility index (Phi) is 6.98. The van der Waals surface area contributed by atoms with Crippen LogP contribution in [0, 0.1) is 5.92 Å². The Hall–Kier alpha value is -2.47. The van der Waals surface area contributed by atoms with Crippen LogP contribution in [-0.2, 0) is 4.79 Å². The number of halogens is 1. The number of anilines is 1. The predicted octanol–water partition coefficient (Wildman–Crippen LogP) is 5.12. The second-order valence-electron chi connectivity index (χ2n) is 7.05. The summed E-state index contributed by atoms with van der Waals surface area (Å²) in [5.74, 6) is -0.0268. The first-order chi connectivity index (χ1) is 13.5. The molecule has 5 nitrogen and oxygen atoms in total. The van der Waals surface area contributed by atoms with Crippen molar-refractivity contribution in [3.05, 3.63) is 64.1 Å². The molecular formula is C22H24BrN3O2. The van der Waals surface area contributed by atoms with Gasteiger partial charge < -0.3 is 5.32 Å². The van der Waals surface area contributed by atoms with Gasteiger partial charge in [-0.25, -0.2) is 5.43 Å². The van der Waals surface area contributed by atoms with Crippen LogP contribution >= 0.6 is 15.9 Å². The van der Waals surface area contributed by atoms with Crippen LogP contribution < -0.4 is 10.7 Å². The number of rotatable bonds is 5. The first kappa shape index (κ1) is 20.3. The third kappa shape index (κ3) is 5.52. The van der Waals surface area contributed by atoms with Crippen molar-refractivity contribution in [3.63, 3.8) is 0 Å². The molecular weight excluding hydrogens is 418 g/mol. The van der Waals surface area contributed by atoms with Crippen LogP contribution in [0.3, 0.4) is 0 Å². The van der Waals surface area contributed by atoms with Gasteiger partial charge in [0.05, 0.1) is 5.71 Å². The molecule has 0 aliphatic heterocycles. The van der Waals surface area contributed by atoms with Crippen LogP contribution in [-0.4, -0.2) is 17.5 Å². The number of hydrazone groups is 1. The fourth-order valence-corrected chi connectivity index (χ4v) is 3.70. The van der Waals surface area contributed by atoms with Gasteiger partial charge in [-0.3, -0.25) is 9.59 Å². The molecule has 2 aromatic rings. The molecule has 0 unspecified atom stereocenters. The zero-order chi connectivity index (χ0) is 19.9. The van der Waals surface area contributed by atoms with Gasteiger partial charge in [-0.05, 0) is 55.7 Å². The van der Waals surface area contributed by atoms with Gasteiger partial charge in [0.2, 0.25) is 5.91 Å². The molecule has 2 N–H and O–H groups in total. The molecule has 28 heavy (non-hydrogen) atoms. The summed E-state index contributed by atoms with van der Waals surface area (Å²) in [6.07, 6.45) is 5.46. The Morgan fingerprint density at radius 3 is 2.39 bits per heavy atom. The van der Waals surface area contributed by atoms with E-state index in [-0.39, 0.29) is 17.7 Å². The second-order valence-corrected chi connectivity index (χ2v) is 7.97. The van der Waals surface area contributed by atoms with Gasteiger partial charge in [0, 0.05) is 21.6 Å². The number of nitrogens with zero attached hydrogens (tertiary/aromatic N) is 1. The Bertz CT molecular complexity index is 872. The molecule has 0 aromatic heterocycles. The minimum atomic E-state index is -0.267. The van der Waals surface area contributed by atoms with Gasteiger partial charge >= 0.3 is 0 Å². The summed E-state index contributed by atoms with van der Waals surface area (Å²) in [6, 6.07) is 14.6. The molecule has 1 aliphatic carbocycles. The lowest BCUT2D eigenvalue weighted by molar-refractivity contribution is -0.120. The number of nitrogens with one attached hydrogen (secondary N) is 2. The third-order valence-electron chi connectivity index (χ3n) is 4.96. The average molecular weight is 442 g/mol. The molecule has 0 bridgehead atoms. The number of hydrogen-bond donors (Lipinski definition) is 2. The number of amides is 2. The Morgan fingerprint density at radius 1 is 1.00 bits per heavy atom. The summed E-state index contributed by atoms with van der Waals surface area (Å²) >= 11 is 3.35. The number of carbonyl (C=O) groups excluding carboxylic acids is 2. The van der Waals surface area contributed by atoms with E-state index >= 15 is 0 Å². The standard InChI is InChI=1S/C22H24BrN3O2/c1-15(25-26-22(28)18-8-5-9-19(23)14-18)16-10-12-20(13-11-16)24-21(27)17-6-3-2-4-7-17/h5,8-14,17H,2-4,6-7H2,1H3,(H,24,27)(H,26,28)/b25-15+. The normalized spacial score (nSPS) is 15.1. The molecule has 2 amide bonds. The summed E-state index contributed by atoms with van der Waals surface area (Å²) in [4.78, 5) is 24.5. The zero-order valence-electron chi connectivity index (χ0n) is 15.9. The van der Waals surface area contributed by atoms with Crippen molar-refractivity contribution < 1.29 is 9.59 Å². The van der Waals surface area contributed by atoms with Gasteiger partial charge in [0.1, 0.15) is 0 Å². The van der Waals surface area contributed by atoms with E-state index in [0.29, 0.717) is 11.3 Å². The number of carbonyl (C=O) groups is 2. The van der Waals surface area contributed by atoms with Crippen LogP contribution in [0.5, 0.6) is 0 Å². The minimum absolute atomic E-state index is 0.110. The number of benzene rings is 2. The number of hydrogen-bond acceptors (Lipinski definition) is 3. The molecule has 1 aliphatic rings. The molecule has 2 aromatic carbocycles. The first-order valence-corrected chi connectivity index (χ1v) is 10.3. The predicted molar refractivity (Wildman–Crippen MR) is 115 cm³/mol. The lowest BCUT2D eigenvalue weighted by Crippen LogP contribution is -2.24. The van der Waals surface area contributed by atoms with Crippen molar-refractivity contribution in [2.45, 2.75) is 39.0 Å². The molecule has 0 spiro atoms. The van der Waals surface area contributed by atoms with Gasteiger partial charge in [0.25, 0.3) is 5.91 Å². The maximum Gasteiger partial charge on any atom is 0.271 e. The van der Waals surface area contributed by atoms with Crippen LogP contribution in [0.1, 0.15) is 54.9 Å². The second kappa shape index (κ2) is 9.64. The maximum absolute atomic E-state index is 12.3. The molecule has 0 heterocycles. The highest BCUT2D eigenvalue weighted by atomic mass is 79.9. The Labute approximate surface area is 173 Å². The van der Waals surface area contributed by atoms with Crippen LogP contribution in [0.25, 0.3) is 0 Å². The Morgan fingerprint density at radius 2 is 1.71 bits per heavy atom. The van der Waals surface area contributed by atoms with Crippen LogP contribution in [0.15, 0.2) is 58.1 Å². The van der Waals surface area contributed by atoms with E-state index in [9.17, 15) is 9.59 Å². The van der Waals surface area contributed by atoms with Crippen molar-refractivity contribution in [1.29, 1.82) is 0 Å². The SMILES string of the molecule is C/C(=N\NC(=O)c1cccc(Br)c1)c1ccc(NC(=O)C2CCCCC2)cc1. The van der Waals surface area contributed by atoms with Crippen molar-refractivity contribution in [1.82, 2.24) is 5.43 Å². The molecule has 146 valence electrons. The van der Waals surface area contributed by atoms with Crippen LogP contribution in [0.2, 0.25) is 0 Å².